The van der Waals surface area contributed by atoms with Gasteiger partial charge in [0.25, 0.3) is 5.56 Å². The maximum absolute atomic E-state index is 11.7. The smallest absolute Gasteiger partial charge is 0.388 e. The van der Waals surface area contributed by atoms with Crippen molar-refractivity contribution in [3.8, 4) is 0 Å². The number of aromatic nitrogens is 2. The van der Waals surface area contributed by atoms with Crippen LogP contribution in [0.3, 0.4) is 0 Å². The number of aliphatic hydroxyl groups excluding tert-OH is 1. The van der Waals surface area contributed by atoms with E-state index in [0.717, 1.165) is 16.8 Å². The first-order valence-electron chi connectivity index (χ1n) is 7.11. The molecule has 6 N–H and O–H groups in total. The molecular weight excluding hydrogens is 453 g/mol. The van der Waals surface area contributed by atoms with Gasteiger partial charge in [0.2, 0.25) is 0 Å². The highest BCUT2D eigenvalue weighted by atomic mass is 31.3. The van der Waals surface area contributed by atoms with E-state index in [0.29, 0.717) is 0 Å². The van der Waals surface area contributed by atoms with Gasteiger partial charge < -0.3 is 29.4 Å². The van der Waals surface area contributed by atoms with Crippen molar-refractivity contribution in [1.29, 1.82) is 0 Å². The second-order valence-corrected chi connectivity index (χ2v) is 9.78. The normalized spacial score (nSPS) is 27.2. The number of hydrogen-bond donors (Lipinski definition) is 6. The van der Waals surface area contributed by atoms with Gasteiger partial charge in [-0.05, 0) is 0 Å². The topological polar surface area (TPSA) is 244 Å². The van der Waals surface area contributed by atoms with E-state index in [4.69, 9.17) is 19.4 Å². The third-order valence-corrected chi connectivity index (χ3v) is 6.93. The summed E-state index contributed by atoms with van der Waals surface area (Å²) in [6.07, 6.45) is -2.79. The van der Waals surface area contributed by atoms with Gasteiger partial charge in [-0.3, -0.25) is 18.9 Å². The minimum absolute atomic E-state index is 0.202. The molecule has 1 aromatic heterocycles. The number of aliphatic hydroxyl groups is 1. The first-order chi connectivity index (χ1) is 12.7. The Labute approximate surface area is 154 Å². The molecule has 0 amide bonds. The van der Waals surface area contributed by atoms with Crippen LogP contribution < -0.4 is 11.2 Å². The number of nitrogens with one attached hydrogen (secondary N) is 1. The van der Waals surface area contributed by atoms with Crippen molar-refractivity contribution in [3.05, 3.63) is 33.1 Å². The molecule has 28 heavy (non-hydrogen) atoms. The van der Waals surface area contributed by atoms with Gasteiger partial charge in [0.1, 0.15) is 6.10 Å². The Balaban J connectivity index is 1.98. The lowest BCUT2D eigenvalue weighted by molar-refractivity contribution is -0.0524. The summed E-state index contributed by atoms with van der Waals surface area (Å²) >= 11 is 0. The molecule has 5 atom stereocenters. The van der Waals surface area contributed by atoms with Gasteiger partial charge in [-0.1, -0.05) is 0 Å². The van der Waals surface area contributed by atoms with Crippen LogP contribution in [0.1, 0.15) is 12.6 Å². The van der Waals surface area contributed by atoms with Crippen LogP contribution in [0, 0.1) is 0 Å². The zero-order chi connectivity index (χ0) is 21.3. The predicted octanol–water partition coefficient (Wildman–Crippen LogP) is -1.47. The van der Waals surface area contributed by atoms with Gasteiger partial charge in [0, 0.05) is 18.7 Å². The van der Waals surface area contributed by atoms with E-state index in [2.05, 4.69) is 13.1 Å². The van der Waals surface area contributed by atoms with Crippen molar-refractivity contribution >= 4 is 23.5 Å². The minimum atomic E-state index is -5.65. The Bertz CT molecular complexity index is 965. The van der Waals surface area contributed by atoms with E-state index in [1.807, 2.05) is 4.98 Å². The minimum Gasteiger partial charge on any atom is -0.388 e. The maximum Gasteiger partial charge on any atom is 0.490 e. The second-order valence-electron chi connectivity index (χ2n) is 5.36. The van der Waals surface area contributed by atoms with E-state index in [-0.39, 0.29) is 6.42 Å². The Morgan fingerprint density at radius 1 is 1.14 bits per heavy atom. The van der Waals surface area contributed by atoms with Crippen molar-refractivity contribution in [2.75, 3.05) is 6.61 Å². The second kappa shape index (κ2) is 8.40. The molecule has 0 aromatic carbocycles. The molecule has 0 spiro atoms. The highest BCUT2D eigenvalue weighted by molar-refractivity contribution is 7.66. The number of H-pyrrole nitrogens is 1. The molecule has 2 unspecified atom stereocenters. The summed E-state index contributed by atoms with van der Waals surface area (Å²) in [7, 11) is -16.5. The van der Waals surface area contributed by atoms with Crippen LogP contribution >= 0.6 is 23.5 Å². The summed E-state index contributed by atoms with van der Waals surface area (Å²) in [6.45, 7) is -0.782. The van der Waals surface area contributed by atoms with Crippen LogP contribution in [-0.4, -0.2) is 53.0 Å². The molecule has 0 radical (unpaired) electrons. The molecule has 19 heteroatoms. The fourth-order valence-corrected chi connectivity index (χ4v) is 5.24. The molecule has 1 aromatic rings. The molecule has 2 rings (SSSR count). The summed E-state index contributed by atoms with van der Waals surface area (Å²) in [5.74, 6) is 0. The van der Waals surface area contributed by atoms with Gasteiger partial charge in [-0.15, -0.1) is 0 Å². The summed E-state index contributed by atoms with van der Waals surface area (Å²) in [6, 6.07) is 0.997. The van der Waals surface area contributed by atoms with E-state index in [9.17, 15) is 33.3 Å². The van der Waals surface area contributed by atoms with E-state index < -0.39 is 59.8 Å². The standard InChI is InChI=1S/C9H15N2O14P3/c12-6-3-5(23-8(6)11-2-1-7(13)10-9(11)14)4-22-27(18,19)25-28(20,21)24-26(15,16)17/h1-2,5-6,8,12H,3-4H2,(H,18,19)(H,20,21)(H,10,13,14)(H2,15,16,17)/t5-,6-,8+/m0/s1. The molecule has 0 bridgehead atoms. The Morgan fingerprint density at radius 3 is 2.36 bits per heavy atom. The fraction of sp³-hybridized carbons (Fsp3) is 0.556. The number of nitrogens with zero attached hydrogens (tertiary/aromatic N) is 1. The number of rotatable bonds is 8. The number of hydrogen-bond acceptors (Lipinski definition) is 10. The van der Waals surface area contributed by atoms with E-state index in [1.54, 1.807) is 0 Å². The monoisotopic (exact) mass is 468 g/mol. The van der Waals surface area contributed by atoms with Crippen molar-refractivity contribution in [2.45, 2.75) is 24.9 Å². The maximum atomic E-state index is 11.7. The van der Waals surface area contributed by atoms with Crippen LogP contribution in [0.5, 0.6) is 0 Å². The zero-order valence-electron chi connectivity index (χ0n) is 13.5. The molecular formula is C9H15N2O14P3. The highest BCUT2D eigenvalue weighted by Gasteiger charge is 2.42. The van der Waals surface area contributed by atoms with Crippen LogP contribution in [-0.2, 0) is 31.6 Å². The molecule has 2 heterocycles. The number of phosphoric ester groups is 1. The number of ether oxygens (including phenoxy) is 1. The third kappa shape index (κ3) is 6.81. The summed E-state index contributed by atoms with van der Waals surface area (Å²) < 4.78 is 51.0. The number of aromatic amines is 1. The lowest BCUT2D eigenvalue weighted by Gasteiger charge is -2.19. The van der Waals surface area contributed by atoms with Crippen molar-refractivity contribution in [3.63, 3.8) is 0 Å². The lowest BCUT2D eigenvalue weighted by Crippen LogP contribution is -2.34. The largest absolute Gasteiger partial charge is 0.490 e. The van der Waals surface area contributed by atoms with E-state index in [1.165, 1.54) is 0 Å². The van der Waals surface area contributed by atoms with Crippen molar-refractivity contribution < 1.29 is 56.3 Å². The van der Waals surface area contributed by atoms with Gasteiger partial charge in [0.05, 0.1) is 12.7 Å². The first kappa shape index (κ1) is 23.3. The predicted molar refractivity (Wildman–Crippen MR) is 85.7 cm³/mol. The molecule has 1 aliphatic heterocycles. The zero-order valence-corrected chi connectivity index (χ0v) is 16.2. The van der Waals surface area contributed by atoms with Gasteiger partial charge >= 0.3 is 29.2 Å². The average molecular weight is 468 g/mol. The third-order valence-electron chi connectivity index (χ3n) is 3.13. The van der Waals surface area contributed by atoms with Gasteiger partial charge in [-0.2, -0.15) is 8.62 Å². The fourth-order valence-electron chi connectivity index (χ4n) is 2.20. The quantitative estimate of drug-likeness (QED) is 0.239. The van der Waals surface area contributed by atoms with E-state index >= 15 is 0 Å². The molecule has 0 saturated carbocycles. The Morgan fingerprint density at radius 2 is 1.79 bits per heavy atom. The van der Waals surface area contributed by atoms with Crippen molar-refractivity contribution in [1.82, 2.24) is 9.55 Å². The lowest BCUT2D eigenvalue weighted by atomic mass is 10.2. The summed E-state index contributed by atoms with van der Waals surface area (Å²) in [5.41, 5.74) is -1.57. The number of phosphoric acid groups is 3. The van der Waals surface area contributed by atoms with Crippen LogP contribution in [0.15, 0.2) is 21.9 Å². The van der Waals surface area contributed by atoms with Crippen LogP contribution in [0.2, 0.25) is 0 Å². The van der Waals surface area contributed by atoms with Crippen molar-refractivity contribution in [2.24, 2.45) is 0 Å². The van der Waals surface area contributed by atoms with Gasteiger partial charge in [0.15, 0.2) is 6.23 Å². The molecule has 1 saturated heterocycles. The SMILES string of the molecule is O=c1ccn([C@@H]2O[C@H](COP(=O)(O)OP(=O)(O)OP(=O)(O)O)C[C@@H]2O)c(=O)[nH]1. The Kier molecular flexibility index (Phi) is 6.99. The first-order valence-corrected chi connectivity index (χ1v) is 11.6. The molecule has 160 valence electrons. The highest BCUT2D eigenvalue weighted by Crippen LogP contribution is 2.66. The Hall–Kier alpha value is -0.990. The summed E-state index contributed by atoms with van der Waals surface area (Å²) in [5, 5.41) is 9.96. The molecule has 1 fully saturated rings. The van der Waals surface area contributed by atoms with Gasteiger partial charge in [-0.25, -0.2) is 18.5 Å². The molecule has 16 nitrogen and oxygen atoms in total. The average Bonchev–Trinajstić information content (AvgIpc) is 2.82. The van der Waals surface area contributed by atoms with Crippen LogP contribution in [0.4, 0.5) is 0 Å². The summed E-state index contributed by atoms with van der Waals surface area (Å²) in [4.78, 5) is 59.9. The molecule has 0 aliphatic carbocycles. The van der Waals surface area contributed by atoms with Crippen LogP contribution in [0.25, 0.3) is 0 Å². The molecule has 1 aliphatic rings.